The molecular weight excluding hydrogens is 369 g/mol. The quantitative estimate of drug-likeness (QED) is 0.747. The topological polar surface area (TPSA) is 47.5 Å². The van der Waals surface area contributed by atoms with Crippen LogP contribution < -0.4 is 9.47 Å². The van der Waals surface area contributed by atoms with Crippen molar-refractivity contribution in [2.45, 2.75) is 63.5 Å². The van der Waals surface area contributed by atoms with Crippen LogP contribution in [0.4, 0.5) is 4.39 Å². The highest BCUT2D eigenvalue weighted by molar-refractivity contribution is 5.32. The Morgan fingerprint density at radius 2 is 2.03 bits per heavy atom. The van der Waals surface area contributed by atoms with Crippen molar-refractivity contribution in [2.24, 2.45) is 0 Å². The Morgan fingerprint density at radius 1 is 1.21 bits per heavy atom. The van der Waals surface area contributed by atoms with Gasteiger partial charge in [0, 0.05) is 30.3 Å². The number of pyridine rings is 2. The Labute approximate surface area is 171 Å². The highest BCUT2D eigenvalue weighted by atomic mass is 19.1. The molecule has 1 unspecified atom stereocenters. The summed E-state index contributed by atoms with van der Waals surface area (Å²) in [5.74, 6) is 1.90. The van der Waals surface area contributed by atoms with E-state index in [1.54, 1.807) is 6.07 Å². The number of likely N-dealkylation sites (tertiary alicyclic amines) is 1. The summed E-state index contributed by atoms with van der Waals surface area (Å²) >= 11 is 0. The lowest BCUT2D eigenvalue weighted by Crippen LogP contribution is -2.40. The molecular formula is C23H28FN3O2. The summed E-state index contributed by atoms with van der Waals surface area (Å²) in [5, 5.41) is 0. The molecule has 0 amide bonds. The SMILES string of the molecule is CC(c1nc2c(cc1F)CCCO2)N1CCC(Oc2ccc(C3CC3)nc2)CC1. The number of rotatable bonds is 5. The molecule has 2 fully saturated rings. The lowest BCUT2D eigenvalue weighted by Gasteiger charge is -2.36. The summed E-state index contributed by atoms with van der Waals surface area (Å²) in [7, 11) is 0. The Morgan fingerprint density at radius 3 is 2.76 bits per heavy atom. The number of halogens is 1. The van der Waals surface area contributed by atoms with Crippen LogP contribution in [-0.2, 0) is 6.42 Å². The predicted molar refractivity (Wildman–Crippen MR) is 108 cm³/mol. The molecule has 6 heteroatoms. The Hall–Kier alpha value is -2.21. The van der Waals surface area contributed by atoms with Crippen molar-refractivity contribution in [1.29, 1.82) is 0 Å². The molecule has 5 nitrogen and oxygen atoms in total. The van der Waals surface area contributed by atoms with Gasteiger partial charge in [0.15, 0.2) is 0 Å². The number of aromatic nitrogens is 2. The maximum Gasteiger partial charge on any atom is 0.217 e. The normalized spacial score (nSPS) is 21.3. The fraction of sp³-hybridized carbons (Fsp3) is 0.565. The highest BCUT2D eigenvalue weighted by Gasteiger charge is 2.29. The molecule has 5 rings (SSSR count). The lowest BCUT2D eigenvalue weighted by atomic mass is 10.0. The molecule has 2 aromatic heterocycles. The zero-order valence-corrected chi connectivity index (χ0v) is 16.9. The number of fused-ring (bicyclic) bond motifs is 1. The molecule has 0 aromatic carbocycles. The number of hydrogen-bond donors (Lipinski definition) is 0. The van der Waals surface area contributed by atoms with E-state index in [9.17, 15) is 4.39 Å². The number of piperidine rings is 1. The second-order valence-electron chi connectivity index (χ2n) is 8.49. The van der Waals surface area contributed by atoms with Crippen molar-refractivity contribution in [2.75, 3.05) is 19.7 Å². The fourth-order valence-corrected chi connectivity index (χ4v) is 4.38. The second kappa shape index (κ2) is 7.90. The minimum Gasteiger partial charge on any atom is -0.489 e. The Balaban J connectivity index is 1.19. The third-order valence-corrected chi connectivity index (χ3v) is 6.35. The zero-order valence-electron chi connectivity index (χ0n) is 16.9. The van der Waals surface area contributed by atoms with E-state index in [0.29, 0.717) is 24.1 Å². The lowest BCUT2D eigenvalue weighted by molar-refractivity contribution is 0.0770. The monoisotopic (exact) mass is 397 g/mol. The van der Waals surface area contributed by atoms with Gasteiger partial charge in [-0.3, -0.25) is 9.88 Å². The van der Waals surface area contributed by atoms with Gasteiger partial charge in [-0.1, -0.05) is 0 Å². The summed E-state index contributed by atoms with van der Waals surface area (Å²) < 4.78 is 26.5. The summed E-state index contributed by atoms with van der Waals surface area (Å²) in [6.45, 7) is 4.41. The number of nitrogens with zero attached hydrogens (tertiary/aromatic N) is 3. The van der Waals surface area contributed by atoms with Gasteiger partial charge in [0.2, 0.25) is 5.88 Å². The first-order valence-corrected chi connectivity index (χ1v) is 10.9. The first-order chi connectivity index (χ1) is 14.2. The smallest absolute Gasteiger partial charge is 0.217 e. The van der Waals surface area contributed by atoms with E-state index in [0.717, 1.165) is 50.1 Å². The van der Waals surface area contributed by atoms with Gasteiger partial charge >= 0.3 is 0 Å². The molecule has 0 spiro atoms. The Kier molecular flexibility index (Phi) is 5.12. The van der Waals surface area contributed by atoms with E-state index >= 15 is 0 Å². The third kappa shape index (κ3) is 4.08. The van der Waals surface area contributed by atoms with Gasteiger partial charge < -0.3 is 9.47 Å². The summed E-state index contributed by atoms with van der Waals surface area (Å²) in [6.07, 6.45) is 8.15. The predicted octanol–water partition coefficient (Wildman–Crippen LogP) is 4.42. The molecule has 1 saturated carbocycles. The maximum absolute atomic E-state index is 14.7. The van der Waals surface area contributed by atoms with Crippen LogP contribution in [0.1, 0.15) is 67.9 Å². The third-order valence-electron chi connectivity index (χ3n) is 6.35. The van der Waals surface area contributed by atoms with Crippen LogP contribution >= 0.6 is 0 Å². The minimum absolute atomic E-state index is 0.0775. The van der Waals surface area contributed by atoms with Crippen LogP contribution in [0.5, 0.6) is 11.6 Å². The highest BCUT2D eigenvalue weighted by Crippen LogP contribution is 2.39. The van der Waals surface area contributed by atoms with Crippen LogP contribution in [-0.4, -0.2) is 40.7 Å². The van der Waals surface area contributed by atoms with Crippen molar-refractivity contribution in [1.82, 2.24) is 14.9 Å². The Bertz CT molecular complexity index is 861. The number of hydrogen-bond acceptors (Lipinski definition) is 5. The van der Waals surface area contributed by atoms with Gasteiger partial charge in [0.25, 0.3) is 0 Å². The zero-order chi connectivity index (χ0) is 19.8. The average Bonchev–Trinajstić information content (AvgIpc) is 3.59. The van der Waals surface area contributed by atoms with Gasteiger partial charge in [-0.25, -0.2) is 9.37 Å². The van der Waals surface area contributed by atoms with E-state index in [1.807, 2.05) is 19.2 Å². The van der Waals surface area contributed by atoms with E-state index in [2.05, 4.69) is 20.9 Å². The van der Waals surface area contributed by atoms with Crippen LogP contribution in [0.3, 0.4) is 0 Å². The van der Waals surface area contributed by atoms with Crippen molar-refractivity contribution >= 4 is 0 Å². The standard InChI is InChI=1S/C23H28FN3O2/c1-15(22-20(24)13-17-3-2-12-28-23(17)26-22)27-10-8-18(9-11-27)29-19-6-7-21(25-14-19)16-4-5-16/h6-7,13-16,18H,2-5,8-12H2,1H3. The first kappa shape index (κ1) is 18.8. The molecule has 1 aliphatic carbocycles. The van der Waals surface area contributed by atoms with Crippen molar-refractivity contribution in [3.8, 4) is 11.6 Å². The van der Waals surface area contributed by atoms with Gasteiger partial charge in [0.1, 0.15) is 17.7 Å². The second-order valence-corrected chi connectivity index (χ2v) is 8.49. The average molecular weight is 397 g/mol. The molecule has 154 valence electrons. The molecule has 3 aliphatic rings. The van der Waals surface area contributed by atoms with Crippen molar-refractivity contribution in [3.63, 3.8) is 0 Å². The molecule has 1 atom stereocenters. The fourth-order valence-electron chi connectivity index (χ4n) is 4.38. The molecule has 0 bridgehead atoms. The molecule has 2 aromatic rings. The van der Waals surface area contributed by atoms with E-state index in [-0.39, 0.29) is 18.0 Å². The maximum atomic E-state index is 14.7. The van der Waals surface area contributed by atoms with Crippen LogP contribution in [0.2, 0.25) is 0 Å². The largest absolute Gasteiger partial charge is 0.489 e. The minimum atomic E-state index is -0.220. The van der Waals surface area contributed by atoms with E-state index in [4.69, 9.17) is 9.47 Å². The van der Waals surface area contributed by atoms with Crippen LogP contribution in [0, 0.1) is 5.82 Å². The summed E-state index contributed by atoms with van der Waals surface area (Å²) in [5.41, 5.74) is 2.56. The molecule has 1 saturated heterocycles. The summed E-state index contributed by atoms with van der Waals surface area (Å²) in [4.78, 5) is 11.3. The number of aryl methyl sites for hydroxylation is 1. The molecule has 29 heavy (non-hydrogen) atoms. The van der Waals surface area contributed by atoms with E-state index < -0.39 is 0 Å². The molecule has 0 radical (unpaired) electrons. The van der Waals surface area contributed by atoms with Gasteiger partial charge in [-0.15, -0.1) is 0 Å². The number of ether oxygens (including phenoxy) is 2. The van der Waals surface area contributed by atoms with Crippen molar-refractivity contribution < 1.29 is 13.9 Å². The van der Waals surface area contributed by atoms with Crippen LogP contribution in [0.25, 0.3) is 0 Å². The molecule has 4 heterocycles. The molecule has 2 aliphatic heterocycles. The van der Waals surface area contributed by atoms with Crippen LogP contribution in [0.15, 0.2) is 24.4 Å². The molecule has 0 N–H and O–H groups in total. The van der Waals surface area contributed by atoms with E-state index in [1.165, 1.54) is 18.5 Å². The first-order valence-electron chi connectivity index (χ1n) is 10.9. The van der Waals surface area contributed by atoms with Gasteiger partial charge in [-0.05, 0) is 63.6 Å². The van der Waals surface area contributed by atoms with Crippen molar-refractivity contribution in [3.05, 3.63) is 47.2 Å². The van der Waals surface area contributed by atoms with Gasteiger partial charge in [-0.2, -0.15) is 0 Å². The van der Waals surface area contributed by atoms with Gasteiger partial charge in [0.05, 0.1) is 24.5 Å². The summed E-state index contributed by atoms with van der Waals surface area (Å²) in [6, 6.07) is 5.67.